The quantitative estimate of drug-likeness (QED) is 0.0779. The van der Waals surface area contributed by atoms with Crippen LogP contribution in [0.5, 0.6) is 0 Å². The second-order valence-corrected chi connectivity index (χ2v) is 3.61. The molecule has 0 fully saturated rings. The SMILES string of the molecule is [N-]=[N+]=CC(=O)CN(CC(Cl)([N+](=O)[O-])[N+](=O)[O-])[N+](=O)[O-]. The predicted octanol–water partition coefficient (Wildman–Crippen LogP) is -1.20. The highest BCUT2D eigenvalue weighted by Gasteiger charge is 2.58. The fraction of sp³-hybridized carbons (Fsp3) is 0.600. The van der Waals surface area contributed by atoms with Crippen molar-refractivity contribution in [1.29, 1.82) is 0 Å². The van der Waals surface area contributed by atoms with E-state index < -0.39 is 38.9 Å². The van der Waals surface area contributed by atoms with Gasteiger partial charge in [0, 0.05) is 0 Å². The molecule has 0 N–H and O–H groups in total. The summed E-state index contributed by atoms with van der Waals surface area (Å²) in [4.78, 5) is 41.6. The van der Waals surface area contributed by atoms with Crippen LogP contribution in [0.15, 0.2) is 0 Å². The van der Waals surface area contributed by atoms with Gasteiger partial charge in [-0.1, -0.05) is 0 Å². The molecule has 19 heavy (non-hydrogen) atoms. The molecule has 0 aliphatic heterocycles. The minimum absolute atomic E-state index is 0.136. The van der Waals surface area contributed by atoms with Gasteiger partial charge in [-0.25, -0.2) is 10.1 Å². The van der Waals surface area contributed by atoms with Crippen molar-refractivity contribution in [2.45, 2.75) is 5.12 Å². The molecule has 0 aliphatic carbocycles. The second kappa shape index (κ2) is 6.32. The van der Waals surface area contributed by atoms with Gasteiger partial charge in [0.05, 0.1) is 11.6 Å². The van der Waals surface area contributed by atoms with Crippen molar-refractivity contribution in [3.63, 3.8) is 0 Å². The number of Topliss-reactive ketones (excluding diaryl/α,β-unsaturated/α-hetero) is 1. The van der Waals surface area contributed by atoms with Gasteiger partial charge in [0.1, 0.15) is 16.4 Å². The lowest BCUT2D eigenvalue weighted by atomic mass is 10.4. The zero-order chi connectivity index (χ0) is 15.2. The average molecular weight is 297 g/mol. The molecule has 0 saturated carbocycles. The van der Waals surface area contributed by atoms with Gasteiger partial charge >= 0.3 is 11.3 Å². The van der Waals surface area contributed by atoms with Crippen LogP contribution in [0.25, 0.3) is 5.53 Å². The molecule has 0 aromatic rings. The number of carbonyl (C=O) groups is 1. The number of rotatable bonds is 8. The van der Waals surface area contributed by atoms with E-state index in [1.165, 1.54) is 0 Å². The number of halogens is 1. The minimum atomic E-state index is -3.37. The lowest BCUT2D eigenvalue weighted by Gasteiger charge is -2.14. The molecule has 104 valence electrons. The van der Waals surface area contributed by atoms with E-state index in [0.29, 0.717) is 6.21 Å². The Kier molecular flexibility index (Phi) is 5.44. The van der Waals surface area contributed by atoms with E-state index in [-0.39, 0.29) is 5.01 Å². The summed E-state index contributed by atoms with van der Waals surface area (Å²) in [6.45, 7) is -2.56. The zero-order valence-corrected chi connectivity index (χ0v) is 9.67. The normalized spacial score (nSPS) is 10.2. The van der Waals surface area contributed by atoms with E-state index in [0.717, 1.165) is 0 Å². The standard InChI is InChI=1S/C5H5ClN6O7/c6-5(10(14)15,11(16)17)3-9(12(18)19)2-4(13)1-8-7/h1H,2-3H2. The van der Waals surface area contributed by atoms with Gasteiger partial charge in [-0.3, -0.25) is 25.0 Å². The van der Waals surface area contributed by atoms with Crippen LogP contribution in [-0.4, -0.2) is 54.9 Å². The van der Waals surface area contributed by atoms with Crippen molar-refractivity contribution < 1.29 is 24.5 Å². The van der Waals surface area contributed by atoms with E-state index in [1.54, 1.807) is 0 Å². The Labute approximate surface area is 108 Å². The maximum absolute atomic E-state index is 10.9. The Morgan fingerprint density at radius 1 is 1.32 bits per heavy atom. The molecule has 0 radical (unpaired) electrons. The van der Waals surface area contributed by atoms with Crippen LogP contribution in [0, 0.1) is 30.3 Å². The third-order valence-corrected chi connectivity index (χ3v) is 2.11. The molecule has 0 rings (SSSR count). The van der Waals surface area contributed by atoms with Crippen LogP contribution < -0.4 is 0 Å². The molecule has 0 aromatic heterocycles. The van der Waals surface area contributed by atoms with Crippen molar-refractivity contribution in [2.24, 2.45) is 0 Å². The second-order valence-electron chi connectivity index (χ2n) is 3.00. The third kappa shape index (κ3) is 4.25. The molecule has 0 bridgehead atoms. The molecular formula is C5H5ClN6O7. The fourth-order valence-corrected chi connectivity index (χ4v) is 1.01. The maximum atomic E-state index is 10.9. The molecule has 0 saturated heterocycles. The Bertz CT molecular complexity index is 459. The Balaban J connectivity index is 5.17. The van der Waals surface area contributed by atoms with Crippen LogP contribution >= 0.6 is 11.6 Å². The van der Waals surface area contributed by atoms with Gasteiger partial charge in [0.2, 0.25) is 6.54 Å². The lowest BCUT2D eigenvalue weighted by Crippen LogP contribution is -2.53. The molecule has 0 heterocycles. The smallest absolute Gasteiger partial charge is 0.361 e. The van der Waals surface area contributed by atoms with Crippen molar-refractivity contribution in [3.05, 3.63) is 35.9 Å². The minimum Gasteiger partial charge on any atom is -0.361 e. The number of hydrogen-bond donors (Lipinski definition) is 0. The van der Waals surface area contributed by atoms with E-state index in [4.69, 9.17) is 17.1 Å². The molecule has 0 unspecified atom stereocenters. The molecule has 0 aliphatic rings. The van der Waals surface area contributed by atoms with E-state index in [1.807, 2.05) is 0 Å². The zero-order valence-electron chi connectivity index (χ0n) is 8.91. The first-order valence-electron chi connectivity index (χ1n) is 4.22. The van der Waals surface area contributed by atoms with Crippen molar-refractivity contribution in [1.82, 2.24) is 5.01 Å². The summed E-state index contributed by atoms with van der Waals surface area (Å²) in [6, 6.07) is 0. The third-order valence-electron chi connectivity index (χ3n) is 1.71. The van der Waals surface area contributed by atoms with Crippen molar-refractivity contribution in [2.75, 3.05) is 13.1 Å². The summed E-state index contributed by atoms with van der Waals surface area (Å²) in [7, 11) is 0. The van der Waals surface area contributed by atoms with Gasteiger partial charge in [-0.2, -0.15) is 4.79 Å². The van der Waals surface area contributed by atoms with Gasteiger partial charge in [-0.15, -0.1) is 5.01 Å². The van der Waals surface area contributed by atoms with Crippen LogP contribution in [0.4, 0.5) is 0 Å². The predicted molar refractivity (Wildman–Crippen MR) is 55.8 cm³/mol. The number of alkyl halides is 1. The summed E-state index contributed by atoms with van der Waals surface area (Å²) >= 11 is 5.07. The highest BCUT2D eigenvalue weighted by Crippen LogP contribution is 2.18. The highest BCUT2D eigenvalue weighted by atomic mass is 35.5. The topological polar surface area (TPSA) is 186 Å². The summed E-state index contributed by atoms with van der Waals surface area (Å²) in [6.07, 6.45) is 0.296. The molecule has 0 amide bonds. The Morgan fingerprint density at radius 2 is 1.79 bits per heavy atom. The fourth-order valence-electron chi connectivity index (χ4n) is 0.871. The number of nitro groups is 3. The van der Waals surface area contributed by atoms with E-state index in [2.05, 4.69) is 4.79 Å². The first kappa shape index (κ1) is 16.3. The first-order chi connectivity index (χ1) is 8.65. The van der Waals surface area contributed by atoms with Gasteiger partial charge < -0.3 is 5.53 Å². The largest absolute Gasteiger partial charge is 0.559 e. The molecule has 0 spiro atoms. The average Bonchev–Trinajstić information content (AvgIpc) is 2.27. The monoisotopic (exact) mass is 296 g/mol. The molecule has 13 nitrogen and oxygen atoms in total. The highest BCUT2D eigenvalue weighted by molar-refractivity contribution is 6.26. The number of nitrogens with zero attached hydrogens (tertiary/aromatic N) is 6. The van der Waals surface area contributed by atoms with Crippen LogP contribution in [0.2, 0.25) is 0 Å². The van der Waals surface area contributed by atoms with E-state index in [9.17, 15) is 35.1 Å². The van der Waals surface area contributed by atoms with Gasteiger partial charge in [-0.05, 0) is 0 Å². The van der Waals surface area contributed by atoms with Gasteiger partial charge in [0.25, 0.3) is 5.78 Å². The molecule has 0 aromatic carbocycles. The summed E-state index contributed by atoms with van der Waals surface area (Å²) in [5.41, 5.74) is 8.01. The van der Waals surface area contributed by atoms with Crippen molar-refractivity contribution in [3.8, 4) is 0 Å². The maximum Gasteiger partial charge on any atom is 0.559 e. The van der Waals surface area contributed by atoms with Crippen molar-refractivity contribution >= 4 is 23.6 Å². The number of hydrazine groups is 1. The van der Waals surface area contributed by atoms with Gasteiger partial charge in [0.15, 0.2) is 5.03 Å². The summed E-state index contributed by atoms with van der Waals surface area (Å²) in [5, 5.41) is 26.7. The van der Waals surface area contributed by atoms with E-state index >= 15 is 0 Å². The Hall–Kier alpha value is -2.66. The summed E-state index contributed by atoms with van der Waals surface area (Å²) < 4.78 is 0. The summed E-state index contributed by atoms with van der Waals surface area (Å²) in [5.74, 6) is -1.11. The first-order valence-corrected chi connectivity index (χ1v) is 4.60. The Morgan fingerprint density at radius 3 is 2.11 bits per heavy atom. The van der Waals surface area contributed by atoms with Crippen LogP contribution in [0.3, 0.4) is 0 Å². The van der Waals surface area contributed by atoms with Crippen LogP contribution in [0.1, 0.15) is 0 Å². The number of carbonyl (C=O) groups excluding carboxylic acids is 1. The molecule has 0 atom stereocenters. The lowest BCUT2D eigenvalue weighted by molar-refractivity contribution is -0.781. The number of ketones is 1. The molecular weight excluding hydrogens is 292 g/mol. The van der Waals surface area contributed by atoms with Crippen LogP contribution in [-0.2, 0) is 4.79 Å². The molecule has 14 heteroatoms. The number of hydrogen-bond acceptors (Lipinski definition) is 7.